The molecule has 0 saturated heterocycles. The number of carboxylic acids is 2. The Morgan fingerprint density at radius 3 is 2.44 bits per heavy atom. The summed E-state index contributed by atoms with van der Waals surface area (Å²) in [4.78, 5) is 20.8. The molecule has 0 saturated carbocycles. The minimum atomic E-state index is -0.981. The van der Waals surface area contributed by atoms with Gasteiger partial charge in [0, 0.05) is 10.7 Å². The van der Waals surface area contributed by atoms with Gasteiger partial charge in [-0.05, 0) is 17.7 Å². The van der Waals surface area contributed by atoms with Crippen molar-refractivity contribution in [3.8, 4) is 0 Å². The summed E-state index contributed by atoms with van der Waals surface area (Å²) in [5.41, 5.74) is 1.04. The Morgan fingerprint density at radius 1 is 1.25 bits per heavy atom. The second kappa shape index (κ2) is 5.37. The van der Waals surface area contributed by atoms with E-state index in [-0.39, 0.29) is 13.0 Å². The summed E-state index contributed by atoms with van der Waals surface area (Å²) >= 11 is 5.84. The van der Waals surface area contributed by atoms with Crippen molar-refractivity contribution in [1.29, 1.82) is 0 Å². The highest BCUT2D eigenvalue weighted by Crippen LogP contribution is 2.21. The zero-order chi connectivity index (χ0) is 12.1. The topological polar surface area (TPSA) is 86.6 Å². The molecule has 1 aromatic carbocycles. The van der Waals surface area contributed by atoms with E-state index in [0.717, 1.165) is 0 Å². The predicted octanol–water partition coefficient (Wildman–Crippen LogP) is 1.46. The van der Waals surface area contributed by atoms with Crippen molar-refractivity contribution in [2.75, 3.05) is 11.9 Å². The second-order valence-electron chi connectivity index (χ2n) is 3.12. The van der Waals surface area contributed by atoms with Crippen molar-refractivity contribution < 1.29 is 19.8 Å². The fraction of sp³-hybridized carbons (Fsp3) is 0.200. The highest BCUT2D eigenvalue weighted by atomic mass is 35.5. The van der Waals surface area contributed by atoms with E-state index >= 15 is 0 Å². The zero-order valence-corrected chi connectivity index (χ0v) is 8.99. The van der Waals surface area contributed by atoms with Gasteiger partial charge in [-0.15, -0.1) is 0 Å². The molecule has 0 spiro atoms. The maximum absolute atomic E-state index is 10.5. The summed E-state index contributed by atoms with van der Waals surface area (Å²) in [5.74, 6) is -1.95. The lowest BCUT2D eigenvalue weighted by atomic mass is 10.1. The number of aliphatic carboxylic acids is 2. The molecule has 0 aliphatic rings. The van der Waals surface area contributed by atoms with Gasteiger partial charge >= 0.3 is 11.9 Å². The van der Waals surface area contributed by atoms with Crippen LogP contribution in [0, 0.1) is 0 Å². The molecule has 0 aliphatic heterocycles. The third kappa shape index (κ3) is 3.78. The molecule has 0 heterocycles. The van der Waals surface area contributed by atoms with E-state index in [4.69, 9.17) is 21.8 Å². The lowest BCUT2D eigenvalue weighted by Crippen LogP contribution is -2.12. The van der Waals surface area contributed by atoms with Crippen LogP contribution in [-0.4, -0.2) is 28.7 Å². The number of hydrogen-bond donors (Lipinski definition) is 3. The molecule has 1 rings (SSSR count). The van der Waals surface area contributed by atoms with Crippen molar-refractivity contribution in [3.05, 3.63) is 28.8 Å². The van der Waals surface area contributed by atoms with Crippen molar-refractivity contribution in [2.24, 2.45) is 0 Å². The Kier molecular flexibility index (Phi) is 4.13. The van der Waals surface area contributed by atoms with Crippen LogP contribution < -0.4 is 5.32 Å². The summed E-state index contributed by atoms with van der Waals surface area (Å²) in [6.45, 7) is -0.214. The van der Waals surface area contributed by atoms with E-state index in [9.17, 15) is 9.59 Å². The Bertz CT molecular complexity index is 419. The first-order valence-corrected chi connectivity index (χ1v) is 4.82. The minimum Gasteiger partial charge on any atom is -0.481 e. The van der Waals surface area contributed by atoms with Gasteiger partial charge in [-0.25, -0.2) is 0 Å². The lowest BCUT2D eigenvalue weighted by molar-refractivity contribution is -0.136. The summed E-state index contributed by atoms with van der Waals surface area (Å²) in [7, 11) is 0. The van der Waals surface area contributed by atoms with Gasteiger partial charge in [-0.1, -0.05) is 17.7 Å². The van der Waals surface area contributed by atoms with E-state index in [1.807, 2.05) is 0 Å². The largest absolute Gasteiger partial charge is 0.481 e. The van der Waals surface area contributed by atoms with E-state index in [0.29, 0.717) is 16.3 Å². The molecule has 6 heteroatoms. The third-order valence-electron chi connectivity index (χ3n) is 1.84. The predicted molar refractivity (Wildman–Crippen MR) is 58.9 cm³/mol. The zero-order valence-electron chi connectivity index (χ0n) is 8.24. The molecule has 0 unspecified atom stereocenters. The molecule has 16 heavy (non-hydrogen) atoms. The van der Waals surface area contributed by atoms with Crippen LogP contribution in [0.1, 0.15) is 5.56 Å². The molecule has 0 aliphatic carbocycles. The van der Waals surface area contributed by atoms with Crippen LogP contribution in [0.25, 0.3) is 0 Å². The lowest BCUT2D eigenvalue weighted by Gasteiger charge is -2.06. The molecule has 86 valence electrons. The molecular weight excluding hydrogens is 234 g/mol. The van der Waals surface area contributed by atoms with Gasteiger partial charge in [0.15, 0.2) is 0 Å². The van der Waals surface area contributed by atoms with Crippen LogP contribution in [0.4, 0.5) is 5.69 Å². The van der Waals surface area contributed by atoms with Gasteiger partial charge in [-0.2, -0.15) is 0 Å². The molecule has 0 fully saturated rings. The molecule has 0 bridgehead atoms. The number of anilines is 1. The molecule has 1 aromatic rings. The molecule has 3 N–H and O–H groups in total. The first-order chi connectivity index (χ1) is 7.49. The van der Waals surface area contributed by atoms with Crippen molar-refractivity contribution in [2.45, 2.75) is 6.42 Å². The van der Waals surface area contributed by atoms with Crippen LogP contribution in [0.15, 0.2) is 18.2 Å². The van der Waals surface area contributed by atoms with Gasteiger partial charge in [0.25, 0.3) is 0 Å². The standard InChI is InChI=1S/C10H10ClNO4/c11-8-4-7(12-5-10(15)16)2-1-6(8)3-9(13)14/h1-2,4,12H,3,5H2,(H,13,14)(H,15,16). The summed E-state index contributed by atoms with van der Waals surface area (Å²) < 4.78 is 0. The number of hydrogen-bond acceptors (Lipinski definition) is 3. The van der Waals surface area contributed by atoms with Crippen molar-refractivity contribution in [3.63, 3.8) is 0 Å². The van der Waals surface area contributed by atoms with Gasteiger partial charge in [0.05, 0.1) is 6.42 Å². The average Bonchev–Trinajstić information content (AvgIpc) is 2.18. The van der Waals surface area contributed by atoms with E-state index in [1.54, 1.807) is 12.1 Å². The van der Waals surface area contributed by atoms with E-state index in [2.05, 4.69) is 5.32 Å². The summed E-state index contributed by atoms with van der Waals surface area (Å²) in [6.07, 6.45) is -0.155. The summed E-state index contributed by atoms with van der Waals surface area (Å²) in [5, 5.41) is 20.0. The number of halogens is 1. The molecule has 0 aromatic heterocycles. The normalized spacial score (nSPS) is 9.81. The maximum Gasteiger partial charge on any atom is 0.322 e. The first kappa shape index (κ1) is 12.3. The Labute approximate surface area is 96.7 Å². The fourth-order valence-corrected chi connectivity index (χ4v) is 1.39. The van der Waals surface area contributed by atoms with Crippen LogP contribution in [0.3, 0.4) is 0 Å². The fourth-order valence-electron chi connectivity index (χ4n) is 1.14. The minimum absolute atomic E-state index is 0.155. The SMILES string of the molecule is O=C(O)CNc1ccc(CC(=O)O)c(Cl)c1. The van der Waals surface area contributed by atoms with Crippen LogP contribution >= 0.6 is 11.6 Å². The molecule has 0 atom stereocenters. The first-order valence-electron chi connectivity index (χ1n) is 4.45. The van der Waals surface area contributed by atoms with Gasteiger partial charge in [0.1, 0.15) is 6.54 Å². The number of nitrogens with one attached hydrogen (secondary N) is 1. The van der Waals surface area contributed by atoms with Crippen LogP contribution in [0.5, 0.6) is 0 Å². The van der Waals surface area contributed by atoms with Gasteiger partial charge in [-0.3, -0.25) is 9.59 Å². The Morgan fingerprint density at radius 2 is 1.94 bits per heavy atom. The van der Waals surface area contributed by atoms with E-state index < -0.39 is 11.9 Å². The van der Waals surface area contributed by atoms with Gasteiger partial charge < -0.3 is 15.5 Å². The quantitative estimate of drug-likeness (QED) is 0.729. The number of carboxylic acid groups (broad SMARTS) is 2. The molecule has 0 amide bonds. The Balaban J connectivity index is 2.74. The maximum atomic E-state index is 10.5. The van der Waals surface area contributed by atoms with E-state index in [1.165, 1.54) is 6.07 Å². The highest BCUT2D eigenvalue weighted by Gasteiger charge is 2.06. The molecule has 0 radical (unpaired) electrons. The molecule has 5 nitrogen and oxygen atoms in total. The monoisotopic (exact) mass is 243 g/mol. The van der Waals surface area contributed by atoms with Crippen LogP contribution in [-0.2, 0) is 16.0 Å². The number of rotatable bonds is 5. The number of benzene rings is 1. The second-order valence-corrected chi connectivity index (χ2v) is 3.53. The van der Waals surface area contributed by atoms with Crippen molar-refractivity contribution >= 4 is 29.2 Å². The smallest absolute Gasteiger partial charge is 0.322 e. The van der Waals surface area contributed by atoms with Gasteiger partial charge in [0.2, 0.25) is 0 Å². The average molecular weight is 244 g/mol. The highest BCUT2D eigenvalue weighted by molar-refractivity contribution is 6.31. The number of carbonyl (C=O) groups is 2. The summed E-state index contributed by atoms with van der Waals surface area (Å²) in [6, 6.07) is 4.65. The Hall–Kier alpha value is -1.75. The van der Waals surface area contributed by atoms with Crippen LogP contribution in [0.2, 0.25) is 5.02 Å². The molecular formula is C10H10ClNO4. The van der Waals surface area contributed by atoms with Crippen molar-refractivity contribution in [1.82, 2.24) is 0 Å². The third-order valence-corrected chi connectivity index (χ3v) is 2.19.